The molecule has 2 aromatic rings. The van der Waals surface area contributed by atoms with E-state index in [4.69, 9.17) is 9.84 Å². The molecule has 1 heterocycles. The molecule has 7 heteroatoms. The van der Waals surface area contributed by atoms with E-state index in [2.05, 4.69) is 27.6 Å². The van der Waals surface area contributed by atoms with Crippen molar-refractivity contribution < 1.29 is 14.6 Å². The van der Waals surface area contributed by atoms with Crippen molar-refractivity contribution in [2.24, 2.45) is 0 Å². The number of benzene rings is 1. The third-order valence-corrected chi connectivity index (χ3v) is 4.52. The summed E-state index contributed by atoms with van der Waals surface area (Å²) in [6.45, 7) is 5.29. The minimum Gasteiger partial charge on any atom is -0.481 e. The Hall–Kier alpha value is -0.800. The molecule has 0 radical (unpaired) electrons. The Bertz CT molecular complexity index is 644. The number of halogens is 1. The fraction of sp³-hybridized carbons (Fsp3) is 0.429. The lowest BCUT2D eigenvalue weighted by Gasteiger charge is -2.15. The summed E-state index contributed by atoms with van der Waals surface area (Å²) in [6.07, 6.45) is 0.0517. The van der Waals surface area contributed by atoms with Crippen LogP contribution >= 0.6 is 34.4 Å². The molecule has 0 aliphatic carbocycles. The molecule has 0 saturated heterocycles. The molecule has 0 aliphatic rings. The standard InChI is InChI=1S/C14H17IN2O3S/c1-3-20-9(2)7-17-12-5-4-10(15)6-11(12)16-14(17)21-8-13(18)19/h4-6,9H,3,7-8H2,1-2H3,(H,18,19). The summed E-state index contributed by atoms with van der Waals surface area (Å²) in [5.41, 5.74) is 1.90. The number of imidazole rings is 1. The van der Waals surface area contributed by atoms with Crippen molar-refractivity contribution in [3.63, 3.8) is 0 Å². The largest absolute Gasteiger partial charge is 0.481 e. The average molecular weight is 420 g/mol. The summed E-state index contributed by atoms with van der Waals surface area (Å²) in [6, 6.07) is 6.05. The number of fused-ring (bicyclic) bond motifs is 1. The van der Waals surface area contributed by atoms with Crippen LogP contribution in [0.4, 0.5) is 0 Å². The second-order valence-corrected chi connectivity index (χ2v) is 6.77. The normalized spacial score (nSPS) is 12.7. The molecular weight excluding hydrogens is 403 g/mol. The smallest absolute Gasteiger partial charge is 0.313 e. The van der Waals surface area contributed by atoms with Crippen molar-refractivity contribution in [2.75, 3.05) is 12.4 Å². The number of carbonyl (C=O) groups is 1. The topological polar surface area (TPSA) is 64.3 Å². The molecule has 2 rings (SSSR count). The van der Waals surface area contributed by atoms with E-state index >= 15 is 0 Å². The van der Waals surface area contributed by atoms with Crippen LogP contribution in [-0.4, -0.2) is 39.1 Å². The van der Waals surface area contributed by atoms with Gasteiger partial charge in [-0.1, -0.05) is 11.8 Å². The number of carboxylic acid groups (broad SMARTS) is 1. The first-order chi connectivity index (χ1) is 10.0. The number of thioether (sulfide) groups is 1. The summed E-state index contributed by atoms with van der Waals surface area (Å²) < 4.78 is 8.74. The Morgan fingerprint density at radius 3 is 3.00 bits per heavy atom. The van der Waals surface area contributed by atoms with Gasteiger partial charge in [-0.15, -0.1) is 0 Å². The predicted molar refractivity (Wildman–Crippen MR) is 91.9 cm³/mol. The van der Waals surface area contributed by atoms with Crippen LogP contribution in [0.25, 0.3) is 11.0 Å². The van der Waals surface area contributed by atoms with E-state index in [0.29, 0.717) is 13.2 Å². The number of hydrogen-bond donors (Lipinski definition) is 1. The second kappa shape index (κ2) is 7.46. The van der Waals surface area contributed by atoms with E-state index in [0.717, 1.165) is 19.8 Å². The van der Waals surface area contributed by atoms with Gasteiger partial charge in [0, 0.05) is 10.2 Å². The maximum absolute atomic E-state index is 10.8. The van der Waals surface area contributed by atoms with Gasteiger partial charge in [-0.2, -0.15) is 0 Å². The van der Waals surface area contributed by atoms with Crippen LogP contribution in [0.5, 0.6) is 0 Å². The first kappa shape index (κ1) is 16.6. The molecule has 114 valence electrons. The minimum absolute atomic E-state index is 0.00340. The van der Waals surface area contributed by atoms with Gasteiger partial charge in [0.2, 0.25) is 0 Å². The molecular formula is C14H17IN2O3S. The SMILES string of the molecule is CCOC(C)Cn1c(SCC(=O)O)nc2cc(I)ccc21. The zero-order valence-electron chi connectivity index (χ0n) is 11.9. The Morgan fingerprint density at radius 1 is 1.57 bits per heavy atom. The van der Waals surface area contributed by atoms with Crippen molar-refractivity contribution in [1.29, 1.82) is 0 Å². The van der Waals surface area contributed by atoms with Crippen LogP contribution in [0.15, 0.2) is 23.4 Å². The van der Waals surface area contributed by atoms with Crippen LogP contribution in [0.2, 0.25) is 0 Å². The van der Waals surface area contributed by atoms with Crippen molar-refractivity contribution in [2.45, 2.75) is 31.7 Å². The third-order valence-electron chi connectivity index (χ3n) is 2.89. The molecule has 1 aromatic carbocycles. The monoisotopic (exact) mass is 420 g/mol. The number of rotatable bonds is 7. The van der Waals surface area contributed by atoms with Gasteiger partial charge < -0.3 is 14.4 Å². The van der Waals surface area contributed by atoms with Gasteiger partial charge in [0.25, 0.3) is 0 Å². The van der Waals surface area contributed by atoms with Gasteiger partial charge in [-0.05, 0) is 54.6 Å². The van der Waals surface area contributed by atoms with E-state index in [-0.39, 0.29) is 11.9 Å². The van der Waals surface area contributed by atoms with Gasteiger partial charge >= 0.3 is 5.97 Å². The minimum atomic E-state index is -0.842. The maximum atomic E-state index is 10.8. The first-order valence-corrected chi connectivity index (χ1v) is 8.69. The van der Waals surface area contributed by atoms with Gasteiger partial charge in [0.1, 0.15) is 0 Å². The number of carboxylic acids is 1. The summed E-state index contributed by atoms with van der Waals surface area (Å²) in [4.78, 5) is 15.4. The maximum Gasteiger partial charge on any atom is 0.313 e. The molecule has 0 spiro atoms. The average Bonchev–Trinajstić information content (AvgIpc) is 2.74. The lowest BCUT2D eigenvalue weighted by molar-refractivity contribution is -0.133. The fourth-order valence-electron chi connectivity index (χ4n) is 2.09. The van der Waals surface area contributed by atoms with Crippen LogP contribution in [0.1, 0.15) is 13.8 Å². The highest BCUT2D eigenvalue weighted by Crippen LogP contribution is 2.26. The molecule has 1 aromatic heterocycles. The first-order valence-electron chi connectivity index (χ1n) is 6.63. The van der Waals surface area contributed by atoms with Gasteiger partial charge in [0.15, 0.2) is 5.16 Å². The Labute approximate surface area is 141 Å². The van der Waals surface area contributed by atoms with Crippen LogP contribution in [-0.2, 0) is 16.1 Å². The van der Waals surface area contributed by atoms with Crippen molar-refractivity contribution in [3.05, 3.63) is 21.8 Å². The third kappa shape index (κ3) is 4.33. The highest BCUT2D eigenvalue weighted by molar-refractivity contribution is 14.1. The van der Waals surface area contributed by atoms with E-state index in [1.165, 1.54) is 11.8 Å². The van der Waals surface area contributed by atoms with Gasteiger partial charge in [-0.3, -0.25) is 4.79 Å². The number of nitrogens with zero attached hydrogens (tertiary/aromatic N) is 2. The molecule has 0 amide bonds. The number of aromatic nitrogens is 2. The molecule has 0 bridgehead atoms. The van der Waals surface area contributed by atoms with E-state index in [9.17, 15) is 4.79 Å². The van der Waals surface area contributed by atoms with E-state index in [1.807, 2.05) is 36.6 Å². The van der Waals surface area contributed by atoms with Crippen molar-refractivity contribution in [3.8, 4) is 0 Å². The second-order valence-electron chi connectivity index (χ2n) is 4.59. The Morgan fingerprint density at radius 2 is 2.33 bits per heavy atom. The van der Waals surface area contributed by atoms with Crippen LogP contribution in [0.3, 0.4) is 0 Å². The molecule has 0 aliphatic heterocycles. The summed E-state index contributed by atoms with van der Waals surface area (Å²) in [5.74, 6) is -0.838. The van der Waals surface area contributed by atoms with Crippen LogP contribution in [0, 0.1) is 3.57 Å². The molecule has 5 nitrogen and oxygen atoms in total. The van der Waals surface area contributed by atoms with Crippen molar-refractivity contribution in [1.82, 2.24) is 9.55 Å². The lowest BCUT2D eigenvalue weighted by atomic mass is 10.3. The van der Waals surface area contributed by atoms with Gasteiger partial charge in [0.05, 0.1) is 29.4 Å². The molecule has 1 atom stereocenters. The number of hydrogen-bond acceptors (Lipinski definition) is 4. The van der Waals surface area contributed by atoms with E-state index in [1.54, 1.807) is 0 Å². The molecule has 1 N–H and O–H groups in total. The quantitative estimate of drug-likeness (QED) is 0.551. The van der Waals surface area contributed by atoms with E-state index < -0.39 is 5.97 Å². The van der Waals surface area contributed by atoms with Crippen molar-refractivity contribution >= 4 is 51.4 Å². The Kier molecular flexibility index (Phi) is 5.88. The molecule has 0 fully saturated rings. The van der Waals surface area contributed by atoms with Crippen LogP contribution < -0.4 is 0 Å². The van der Waals surface area contributed by atoms with Gasteiger partial charge in [-0.25, -0.2) is 4.98 Å². The lowest BCUT2D eigenvalue weighted by Crippen LogP contribution is -2.17. The predicted octanol–water partition coefficient (Wildman–Crippen LogP) is 3.24. The highest BCUT2D eigenvalue weighted by Gasteiger charge is 2.15. The molecule has 1 unspecified atom stereocenters. The number of aliphatic carboxylic acids is 1. The fourth-order valence-corrected chi connectivity index (χ4v) is 3.31. The number of ether oxygens (including phenoxy) is 1. The highest BCUT2D eigenvalue weighted by atomic mass is 127. The summed E-state index contributed by atoms with van der Waals surface area (Å²) >= 11 is 3.49. The Balaban J connectivity index is 2.36. The summed E-state index contributed by atoms with van der Waals surface area (Å²) in [7, 11) is 0. The summed E-state index contributed by atoms with van der Waals surface area (Å²) in [5, 5.41) is 9.59. The zero-order chi connectivity index (χ0) is 15.4. The molecule has 21 heavy (non-hydrogen) atoms. The molecule has 0 saturated carbocycles. The zero-order valence-corrected chi connectivity index (χ0v) is 14.8.